The molecule has 168 valence electrons. The van der Waals surface area contributed by atoms with Gasteiger partial charge in [-0.3, -0.25) is 4.79 Å². The maximum absolute atomic E-state index is 12.8. The van der Waals surface area contributed by atoms with Gasteiger partial charge in [-0.15, -0.1) is 11.8 Å². The molecule has 2 N–H and O–H groups in total. The summed E-state index contributed by atoms with van der Waals surface area (Å²) in [7, 11) is 0. The van der Waals surface area contributed by atoms with Crippen LogP contribution in [0.2, 0.25) is 5.02 Å². The highest BCUT2D eigenvalue weighted by Gasteiger charge is 2.46. The summed E-state index contributed by atoms with van der Waals surface area (Å²) in [5.41, 5.74) is -0.159. The first-order valence-electron chi connectivity index (χ1n) is 10.3. The summed E-state index contributed by atoms with van der Waals surface area (Å²) in [6.07, 6.45) is 3.55. The molecule has 2 aliphatic heterocycles. The van der Waals surface area contributed by atoms with Crippen molar-refractivity contribution in [3.63, 3.8) is 0 Å². The number of benzene rings is 2. The lowest BCUT2D eigenvalue weighted by molar-refractivity contribution is -0.114. The van der Waals surface area contributed by atoms with E-state index in [1.165, 1.54) is 6.08 Å². The molecule has 2 heterocycles. The molecular formula is C24H23ClO6S. The molecule has 2 aromatic carbocycles. The molecule has 8 heteroatoms. The highest BCUT2D eigenvalue weighted by molar-refractivity contribution is 8.00. The minimum absolute atomic E-state index is 0.0175. The number of carbonyl (C=O) groups is 2. The Hall–Kier alpha value is -2.48. The van der Waals surface area contributed by atoms with Gasteiger partial charge >= 0.3 is 5.97 Å². The van der Waals surface area contributed by atoms with Crippen LogP contribution in [0, 0.1) is 0 Å². The molecule has 0 aliphatic carbocycles. The molecule has 2 aromatic rings. The summed E-state index contributed by atoms with van der Waals surface area (Å²) >= 11 is 7.87. The van der Waals surface area contributed by atoms with Gasteiger partial charge in [0.1, 0.15) is 23.2 Å². The SMILES string of the molecule is C[C@@H]1C[C@@H]2O[C@H]2[C@H](Sc2ccccc2)CC=CC(=O)Cc2c(Cl)c(O)cc(O)c2C(=O)O1. The minimum atomic E-state index is -0.798. The Morgan fingerprint density at radius 1 is 1.12 bits per heavy atom. The predicted octanol–water partition coefficient (Wildman–Crippen LogP) is 4.69. The lowest BCUT2D eigenvalue weighted by atomic mass is 9.99. The number of fused-ring (bicyclic) bond motifs is 2. The van der Waals surface area contributed by atoms with Gasteiger partial charge in [0.25, 0.3) is 0 Å². The monoisotopic (exact) mass is 474 g/mol. The summed E-state index contributed by atoms with van der Waals surface area (Å²) < 4.78 is 11.4. The van der Waals surface area contributed by atoms with Crippen LogP contribution < -0.4 is 0 Å². The third kappa shape index (κ3) is 5.11. The molecule has 0 bridgehead atoms. The molecule has 4 rings (SSSR count). The fourth-order valence-corrected chi connectivity index (χ4v) is 5.32. The number of hydrogen-bond donors (Lipinski definition) is 2. The smallest absolute Gasteiger partial charge is 0.342 e. The van der Waals surface area contributed by atoms with Crippen molar-refractivity contribution in [3.05, 3.63) is 64.7 Å². The lowest BCUT2D eigenvalue weighted by Crippen LogP contribution is -2.21. The molecule has 0 unspecified atom stereocenters. The first kappa shape index (κ1) is 22.7. The van der Waals surface area contributed by atoms with Crippen LogP contribution >= 0.6 is 23.4 Å². The van der Waals surface area contributed by atoms with Crippen LogP contribution in [-0.2, 0) is 20.7 Å². The van der Waals surface area contributed by atoms with Crippen molar-refractivity contribution in [1.82, 2.24) is 0 Å². The van der Waals surface area contributed by atoms with E-state index in [1.54, 1.807) is 24.8 Å². The van der Waals surface area contributed by atoms with E-state index < -0.39 is 23.6 Å². The molecule has 0 spiro atoms. The number of allylic oxidation sites excluding steroid dienone is 2. The second-order valence-electron chi connectivity index (χ2n) is 7.92. The predicted molar refractivity (Wildman–Crippen MR) is 121 cm³/mol. The van der Waals surface area contributed by atoms with Gasteiger partial charge in [0.15, 0.2) is 5.78 Å². The number of carbonyl (C=O) groups excluding carboxylic acids is 2. The average Bonchev–Trinajstić information content (AvgIpc) is 3.49. The maximum atomic E-state index is 12.8. The molecule has 32 heavy (non-hydrogen) atoms. The fraction of sp³-hybridized carbons (Fsp3) is 0.333. The van der Waals surface area contributed by atoms with Crippen molar-refractivity contribution in [2.24, 2.45) is 0 Å². The van der Waals surface area contributed by atoms with Crippen LogP contribution in [0.3, 0.4) is 0 Å². The number of esters is 1. The molecule has 0 aromatic heterocycles. The average molecular weight is 475 g/mol. The first-order valence-corrected chi connectivity index (χ1v) is 11.6. The molecule has 0 radical (unpaired) electrons. The van der Waals surface area contributed by atoms with Gasteiger partial charge < -0.3 is 19.7 Å². The largest absolute Gasteiger partial charge is 0.507 e. The Bertz CT molecular complexity index is 1050. The summed E-state index contributed by atoms with van der Waals surface area (Å²) in [6.45, 7) is 1.76. The normalized spacial score (nSPS) is 25.9. The third-order valence-corrected chi connectivity index (χ3v) is 7.17. The van der Waals surface area contributed by atoms with E-state index in [9.17, 15) is 19.8 Å². The van der Waals surface area contributed by atoms with Crippen LogP contribution in [0.4, 0.5) is 0 Å². The fourth-order valence-electron chi connectivity index (χ4n) is 3.86. The van der Waals surface area contributed by atoms with Gasteiger partial charge in [0, 0.05) is 34.6 Å². The third-order valence-electron chi connectivity index (χ3n) is 5.44. The van der Waals surface area contributed by atoms with E-state index in [1.807, 2.05) is 30.3 Å². The maximum Gasteiger partial charge on any atom is 0.342 e. The number of phenols is 2. The van der Waals surface area contributed by atoms with E-state index in [-0.39, 0.29) is 45.8 Å². The highest BCUT2D eigenvalue weighted by atomic mass is 35.5. The summed E-state index contributed by atoms with van der Waals surface area (Å²) in [6, 6.07) is 10.9. The molecule has 1 saturated heterocycles. The zero-order valence-electron chi connectivity index (χ0n) is 17.4. The number of aromatic hydroxyl groups is 2. The molecular weight excluding hydrogens is 452 g/mol. The highest BCUT2D eigenvalue weighted by Crippen LogP contribution is 2.41. The summed E-state index contributed by atoms with van der Waals surface area (Å²) in [5.74, 6) is -2.00. The van der Waals surface area contributed by atoms with Crippen LogP contribution in [0.15, 0.2) is 53.4 Å². The van der Waals surface area contributed by atoms with Crippen molar-refractivity contribution in [2.75, 3.05) is 0 Å². The van der Waals surface area contributed by atoms with Gasteiger partial charge in [-0.2, -0.15) is 0 Å². The lowest BCUT2D eigenvalue weighted by Gasteiger charge is -2.17. The van der Waals surface area contributed by atoms with Gasteiger partial charge in [-0.05, 0) is 31.6 Å². The Morgan fingerprint density at radius 3 is 2.62 bits per heavy atom. The van der Waals surface area contributed by atoms with E-state index in [0.29, 0.717) is 12.8 Å². The quantitative estimate of drug-likeness (QED) is 0.481. The van der Waals surface area contributed by atoms with E-state index in [2.05, 4.69) is 0 Å². The van der Waals surface area contributed by atoms with Crippen LogP contribution in [0.5, 0.6) is 11.5 Å². The van der Waals surface area contributed by atoms with Crippen molar-refractivity contribution in [2.45, 2.75) is 54.6 Å². The van der Waals surface area contributed by atoms with E-state index in [0.717, 1.165) is 11.0 Å². The van der Waals surface area contributed by atoms with Gasteiger partial charge in [0.2, 0.25) is 0 Å². The minimum Gasteiger partial charge on any atom is -0.507 e. The Labute approximate surface area is 195 Å². The zero-order chi connectivity index (χ0) is 22.8. The number of hydrogen-bond acceptors (Lipinski definition) is 7. The van der Waals surface area contributed by atoms with E-state index >= 15 is 0 Å². The van der Waals surface area contributed by atoms with Gasteiger partial charge in [-0.1, -0.05) is 35.9 Å². The number of phenolic OH excluding ortho intramolecular Hbond substituents is 2. The molecule has 6 nitrogen and oxygen atoms in total. The Balaban J connectivity index is 1.63. The molecule has 0 amide bonds. The molecule has 2 aliphatic rings. The van der Waals surface area contributed by atoms with Crippen LogP contribution in [0.25, 0.3) is 0 Å². The number of ether oxygens (including phenoxy) is 2. The molecule has 0 saturated carbocycles. The molecule has 1 fully saturated rings. The number of halogens is 1. The number of rotatable bonds is 2. The van der Waals surface area contributed by atoms with Crippen molar-refractivity contribution in [3.8, 4) is 11.5 Å². The number of thioether (sulfide) groups is 1. The number of cyclic esters (lactones) is 1. The second kappa shape index (κ2) is 9.57. The van der Waals surface area contributed by atoms with Gasteiger partial charge in [-0.25, -0.2) is 4.79 Å². The van der Waals surface area contributed by atoms with Gasteiger partial charge in [0.05, 0.1) is 17.2 Å². The van der Waals surface area contributed by atoms with Crippen molar-refractivity contribution >= 4 is 35.1 Å². The number of ketones is 1. The van der Waals surface area contributed by atoms with Crippen LogP contribution in [-0.4, -0.2) is 45.5 Å². The summed E-state index contributed by atoms with van der Waals surface area (Å²) in [4.78, 5) is 26.5. The topological polar surface area (TPSA) is 96.4 Å². The number of epoxide rings is 1. The van der Waals surface area contributed by atoms with Crippen molar-refractivity contribution in [1.29, 1.82) is 0 Å². The van der Waals surface area contributed by atoms with Crippen LogP contribution in [0.1, 0.15) is 35.7 Å². The first-order chi connectivity index (χ1) is 15.3. The van der Waals surface area contributed by atoms with Crippen molar-refractivity contribution < 1.29 is 29.3 Å². The van der Waals surface area contributed by atoms with E-state index in [4.69, 9.17) is 21.1 Å². The Morgan fingerprint density at radius 2 is 1.88 bits per heavy atom. The molecule has 4 atom stereocenters. The zero-order valence-corrected chi connectivity index (χ0v) is 18.9. The summed E-state index contributed by atoms with van der Waals surface area (Å²) in [5, 5.41) is 20.2. The standard InChI is InChI=1S/C24H23ClO6S/c1-13-10-19-23(31-19)20(32-15-7-3-2-4-8-15)9-5-6-14(26)11-16-21(24(29)30-13)17(27)12-18(28)22(16)25/h2-8,12-13,19-20,23,27-28H,9-11H2,1H3/t13-,19+,20-,23-/m1/s1. The second-order valence-corrected chi connectivity index (χ2v) is 9.61. The Kier molecular flexibility index (Phi) is 6.79.